The Balaban J connectivity index is 2.86. The number of halogens is 1. The highest BCUT2D eigenvalue weighted by Crippen LogP contribution is 2.29. The van der Waals surface area contributed by atoms with Gasteiger partial charge in [-0.2, -0.15) is 0 Å². The lowest BCUT2D eigenvalue weighted by Gasteiger charge is -2.16. The lowest BCUT2D eigenvalue weighted by atomic mass is 10.2. The number of hydrogen-bond acceptors (Lipinski definition) is 2. The zero-order valence-corrected chi connectivity index (χ0v) is 10.1. The molecule has 0 bridgehead atoms. The van der Waals surface area contributed by atoms with Crippen LogP contribution in [0.2, 0.25) is 5.02 Å². The summed E-state index contributed by atoms with van der Waals surface area (Å²) in [5.41, 5.74) is 0.592. The van der Waals surface area contributed by atoms with Crippen molar-refractivity contribution in [2.75, 3.05) is 0 Å². The second-order valence-electron chi connectivity index (χ2n) is 3.98. The van der Waals surface area contributed by atoms with Gasteiger partial charge in [0.1, 0.15) is 0 Å². The summed E-state index contributed by atoms with van der Waals surface area (Å²) in [5, 5.41) is 0.553. The van der Waals surface area contributed by atoms with Crippen LogP contribution in [0.3, 0.4) is 0 Å². The Morgan fingerprint density at radius 1 is 1.29 bits per heavy atom. The van der Waals surface area contributed by atoms with Gasteiger partial charge in [-0.05, 0) is 12.1 Å². The molecule has 0 saturated carbocycles. The average molecular weight is 229 g/mol. The SMILES string of the molecule is CC(C)(C)SC(=O)c1ccccc1Cl. The number of thioether (sulfide) groups is 1. The zero-order chi connectivity index (χ0) is 10.8. The van der Waals surface area contributed by atoms with E-state index in [1.165, 1.54) is 11.8 Å². The lowest BCUT2D eigenvalue weighted by Crippen LogP contribution is -2.12. The van der Waals surface area contributed by atoms with Crippen molar-refractivity contribution >= 4 is 28.5 Å². The van der Waals surface area contributed by atoms with E-state index in [1.54, 1.807) is 12.1 Å². The van der Waals surface area contributed by atoms with Crippen molar-refractivity contribution < 1.29 is 4.79 Å². The fourth-order valence-corrected chi connectivity index (χ4v) is 2.08. The van der Waals surface area contributed by atoms with Crippen LogP contribution in [0.25, 0.3) is 0 Å². The quantitative estimate of drug-likeness (QED) is 0.723. The highest BCUT2D eigenvalue weighted by molar-refractivity contribution is 8.15. The van der Waals surface area contributed by atoms with Gasteiger partial charge in [0.25, 0.3) is 0 Å². The Labute approximate surface area is 93.8 Å². The van der Waals surface area contributed by atoms with E-state index in [9.17, 15) is 4.79 Å². The minimum atomic E-state index is -0.0732. The predicted octanol–water partition coefficient (Wildman–Crippen LogP) is 4.01. The molecule has 0 N–H and O–H groups in total. The first-order valence-electron chi connectivity index (χ1n) is 4.38. The molecule has 0 fully saturated rings. The van der Waals surface area contributed by atoms with Gasteiger partial charge in [-0.1, -0.05) is 56.3 Å². The molecule has 0 aliphatic carbocycles. The van der Waals surface area contributed by atoms with Crippen molar-refractivity contribution in [1.82, 2.24) is 0 Å². The van der Waals surface area contributed by atoms with Gasteiger partial charge >= 0.3 is 0 Å². The van der Waals surface area contributed by atoms with Crippen LogP contribution < -0.4 is 0 Å². The van der Waals surface area contributed by atoms with E-state index in [2.05, 4.69) is 0 Å². The second kappa shape index (κ2) is 4.37. The average Bonchev–Trinajstić information content (AvgIpc) is 2.01. The fourth-order valence-electron chi connectivity index (χ4n) is 0.960. The van der Waals surface area contributed by atoms with Crippen molar-refractivity contribution in [2.24, 2.45) is 0 Å². The van der Waals surface area contributed by atoms with Gasteiger partial charge in [0.15, 0.2) is 0 Å². The lowest BCUT2D eigenvalue weighted by molar-refractivity contribution is 0.108. The molecule has 1 aromatic carbocycles. The number of hydrogen-bond donors (Lipinski definition) is 0. The molecule has 0 radical (unpaired) electrons. The molecule has 76 valence electrons. The van der Waals surface area contributed by atoms with Gasteiger partial charge in [-0.3, -0.25) is 4.79 Å². The van der Waals surface area contributed by atoms with E-state index < -0.39 is 0 Å². The molecule has 0 atom stereocenters. The minimum absolute atomic E-state index is 0.0306. The molecule has 0 saturated heterocycles. The second-order valence-corrected chi connectivity index (χ2v) is 6.19. The van der Waals surface area contributed by atoms with Crippen molar-refractivity contribution in [3.8, 4) is 0 Å². The largest absolute Gasteiger partial charge is 0.281 e. The normalized spacial score (nSPS) is 11.4. The maximum atomic E-state index is 11.8. The molecule has 0 unspecified atom stereocenters. The van der Waals surface area contributed by atoms with Crippen LogP contribution >= 0.6 is 23.4 Å². The molecule has 0 amide bonds. The Morgan fingerprint density at radius 2 is 1.86 bits per heavy atom. The molecule has 0 heterocycles. The van der Waals surface area contributed by atoms with Gasteiger partial charge in [0.05, 0.1) is 5.02 Å². The molecule has 1 nitrogen and oxygen atoms in total. The van der Waals surface area contributed by atoms with Gasteiger partial charge < -0.3 is 0 Å². The van der Waals surface area contributed by atoms with E-state index in [0.29, 0.717) is 10.6 Å². The molecule has 3 heteroatoms. The summed E-state index contributed by atoms with van der Waals surface area (Å²) in [6, 6.07) is 7.13. The summed E-state index contributed by atoms with van der Waals surface area (Å²) in [4.78, 5) is 11.8. The molecule has 1 aromatic rings. The molecule has 0 aromatic heterocycles. The summed E-state index contributed by atoms with van der Waals surface area (Å²) in [6.45, 7) is 6.02. The van der Waals surface area contributed by atoms with Crippen LogP contribution in [0, 0.1) is 0 Å². The van der Waals surface area contributed by atoms with Crippen LogP contribution in [0.4, 0.5) is 0 Å². The van der Waals surface area contributed by atoms with Crippen LogP contribution in [0.15, 0.2) is 24.3 Å². The third-order valence-corrected chi connectivity index (χ3v) is 2.84. The first kappa shape index (κ1) is 11.6. The highest BCUT2D eigenvalue weighted by Gasteiger charge is 2.19. The Kier molecular flexibility index (Phi) is 3.62. The summed E-state index contributed by atoms with van der Waals surface area (Å²) >= 11 is 7.21. The highest BCUT2D eigenvalue weighted by atomic mass is 35.5. The predicted molar refractivity (Wildman–Crippen MR) is 63.1 cm³/mol. The smallest absolute Gasteiger partial charge is 0.221 e. The van der Waals surface area contributed by atoms with Gasteiger partial charge in [0, 0.05) is 10.3 Å². The van der Waals surface area contributed by atoms with Crippen molar-refractivity contribution in [3.05, 3.63) is 34.9 Å². The van der Waals surface area contributed by atoms with E-state index in [-0.39, 0.29) is 9.86 Å². The van der Waals surface area contributed by atoms with Gasteiger partial charge in [-0.25, -0.2) is 0 Å². The topological polar surface area (TPSA) is 17.1 Å². The number of carbonyl (C=O) groups is 1. The van der Waals surface area contributed by atoms with Crippen molar-refractivity contribution in [3.63, 3.8) is 0 Å². The molecule has 0 aliphatic heterocycles. The van der Waals surface area contributed by atoms with Gasteiger partial charge in [-0.15, -0.1) is 0 Å². The third kappa shape index (κ3) is 3.35. The monoisotopic (exact) mass is 228 g/mol. The maximum absolute atomic E-state index is 11.8. The summed E-state index contributed by atoms with van der Waals surface area (Å²) in [7, 11) is 0. The molecule has 0 aliphatic rings. The number of carbonyl (C=O) groups excluding carboxylic acids is 1. The van der Waals surface area contributed by atoms with Crippen LogP contribution in [0.1, 0.15) is 31.1 Å². The van der Waals surface area contributed by atoms with E-state index in [4.69, 9.17) is 11.6 Å². The van der Waals surface area contributed by atoms with E-state index >= 15 is 0 Å². The molecular weight excluding hydrogens is 216 g/mol. The van der Waals surface area contributed by atoms with Crippen LogP contribution in [0.5, 0.6) is 0 Å². The van der Waals surface area contributed by atoms with Gasteiger partial charge in [0.2, 0.25) is 5.12 Å². The molecule has 0 spiro atoms. The number of rotatable bonds is 1. The Hall–Kier alpha value is -0.470. The summed E-state index contributed by atoms with van der Waals surface area (Å²) in [5.74, 6) is 0. The summed E-state index contributed by atoms with van der Waals surface area (Å²) < 4.78 is -0.0732. The summed E-state index contributed by atoms with van der Waals surface area (Å²) in [6.07, 6.45) is 0. The molecular formula is C11H13ClOS. The molecule has 14 heavy (non-hydrogen) atoms. The standard InChI is InChI=1S/C11H13ClOS/c1-11(2,3)14-10(13)8-6-4-5-7-9(8)12/h4-7H,1-3H3. The van der Waals surface area contributed by atoms with Crippen LogP contribution in [-0.4, -0.2) is 9.86 Å². The van der Waals surface area contributed by atoms with Crippen molar-refractivity contribution in [1.29, 1.82) is 0 Å². The fraction of sp³-hybridized carbons (Fsp3) is 0.364. The van der Waals surface area contributed by atoms with Crippen LogP contribution in [-0.2, 0) is 0 Å². The first-order chi connectivity index (χ1) is 6.40. The molecule has 1 rings (SSSR count). The van der Waals surface area contributed by atoms with E-state index in [1.807, 2.05) is 32.9 Å². The number of benzene rings is 1. The third-order valence-electron chi connectivity index (χ3n) is 1.49. The minimum Gasteiger partial charge on any atom is -0.281 e. The first-order valence-corrected chi connectivity index (χ1v) is 5.57. The maximum Gasteiger partial charge on any atom is 0.221 e. The Bertz CT molecular complexity index is 341. The zero-order valence-electron chi connectivity index (χ0n) is 8.50. The van der Waals surface area contributed by atoms with Crippen molar-refractivity contribution in [2.45, 2.75) is 25.5 Å². The van der Waals surface area contributed by atoms with E-state index in [0.717, 1.165) is 0 Å². The Morgan fingerprint density at radius 3 is 2.36 bits per heavy atom.